The van der Waals surface area contributed by atoms with E-state index in [1.54, 1.807) is 43.3 Å². The molecule has 1 saturated heterocycles. The first-order valence-corrected chi connectivity index (χ1v) is 11.2. The first-order chi connectivity index (χ1) is 15.8. The largest absolute Gasteiger partial charge is 0.507 e. The lowest BCUT2D eigenvalue weighted by Gasteiger charge is -2.26. The number of carbonyl (C=O) groups excluding carboxylic acids is 2. The minimum Gasteiger partial charge on any atom is -0.507 e. The summed E-state index contributed by atoms with van der Waals surface area (Å²) in [6.45, 7) is 5.33. The van der Waals surface area contributed by atoms with Crippen molar-refractivity contribution in [2.45, 2.75) is 32.7 Å². The molecule has 33 heavy (non-hydrogen) atoms. The van der Waals surface area contributed by atoms with E-state index in [1.165, 1.54) is 11.0 Å². The highest BCUT2D eigenvalue weighted by Gasteiger charge is 2.46. The van der Waals surface area contributed by atoms with Crippen LogP contribution in [0.5, 0.6) is 5.75 Å². The van der Waals surface area contributed by atoms with E-state index in [-0.39, 0.29) is 23.4 Å². The van der Waals surface area contributed by atoms with Crippen LogP contribution in [0.4, 0.5) is 4.39 Å². The molecule has 2 aromatic rings. The maximum absolute atomic E-state index is 14.8. The summed E-state index contributed by atoms with van der Waals surface area (Å²) in [6.07, 6.45) is 1.47. The van der Waals surface area contributed by atoms with E-state index >= 15 is 0 Å². The van der Waals surface area contributed by atoms with Gasteiger partial charge in [-0.3, -0.25) is 9.59 Å². The van der Waals surface area contributed by atoms with E-state index in [0.717, 1.165) is 6.42 Å². The molecule has 0 aliphatic carbocycles. The Morgan fingerprint density at radius 2 is 1.91 bits per heavy atom. The third kappa shape index (κ3) is 5.25. The minimum absolute atomic E-state index is 0.0970. The molecule has 2 aromatic carbocycles. The highest BCUT2D eigenvalue weighted by molar-refractivity contribution is 6.46. The fourth-order valence-electron chi connectivity index (χ4n) is 4.04. The number of carbonyl (C=O) groups is 2. The summed E-state index contributed by atoms with van der Waals surface area (Å²) in [5.74, 6) is -1.73. The zero-order valence-corrected chi connectivity index (χ0v) is 19.6. The zero-order chi connectivity index (χ0) is 24.1. The van der Waals surface area contributed by atoms with Crippen LogP contribution in [-0.2, 0) is 9.59 Å². The van der Waals surface area contributed by atoms with Gasteiger partial charge in [0.15, 0.2) is 0 Å². The molecule has 1 heterocycles. The summed E-state index contributed by atoms with van der Waals surface area (Å²) >= 11 is 0. The van der Waals surface area contributed by atoms with Gasteiger partial charge in [0.2, 0.25) is 0 Å². The van der Waals surface area contributed by atoms with Crippen LogP contribution >= 0.6 is 0 Å². The van der Waals surface area contributed by atoms with E-state index in [4.69, 9.17) is 4.74 Å². The Kier molecular flexibility index (Phi) is 7.87. The van der Waals surface area contributed by atoms with Crippen molar-refractivity contribution in [3.8, 4) is 5.75 Å². The van der Waals surface area contributed by atoms with Crippen molar-refractivity contribution >= 4 is 17.4 Å². The number of benzene rings is 2. The van der Waals surface area contributed by atoms with Gasteiger partial charge in [0.05, 0.1) is 18.2 Å². The van der Waals surface area contributed by atoms with Crippen molar-refractivity contribution in [2.75, 3.05) is 33.8 Å². The number of halogens is 1. The first-order valence-electron chi connectivity index (χ1n) is 11.2. The number of nitrogens with zero attached hydrogens (tertiary/aromatic N) is 2. The van der Waals surface area contributed by atoms with Gasteiger partial charge in [-0.2, -0.15) is 0 Å². The number of amides is 1. The van der Waals surface area contributed by atoms with Gasteiger partial charge in [0.25, 0.3) is 11.7 Å². The Morgan fingerprint density at radius 1 is 1.18 bits per heavy atom. The number of rotatable bonds is 9. The Bertz CT molecular complexity index is 1060. The molecule has 1 N–H and O–H groups in total. The first kappa shape index (κ1) is 24.5. The fraction of sp³-hybridized carbons (Fsp3) is 0.385. The smallest absolute Gasteiger partial charge is 0.295 e. The molecule has 1 fully saturated rings. The number of Topliss-reactive ketones (excluding diaryl/α,β-unsaturated/α-hetero) is 1. The molecule has 0 bridgehead atoms. The van der Waals surface area contributed by atoms with Crippen molar-refractivity contribution in [1.82, 2.24) is 9.80 Å². The Hall–Kier alpha value is -3.19. The van der Waals surface area contributed by atoms with Gasteiger partial charge < -0.3 is 19.6 Å². The highest BCUT2D eigenvalue weighted by Crippen LogP contribution is 2.41. The summed E-state index contributed by atoms with van der Waals surface area (Å²) in [6, 6.07) is 10.2. The normalized spacial score (nSPS) is 17.8. The molecular weight excluding hydrogens is 423 g/mol. The van der Waals surface area contributed by atoms with Gasteiger partial charge in [-0.25, -0.2) is 4.39 Å². The predicted molar refractivity (Wildman–Crippen MR) is 126 cm³/mol. The van der Waals surface area contributed by atoms with E-state index in [0.29, 0.717) is 36.4 Å². The maximum atomic E-state index is 14.8. The van der Waals surface area contributed by atoms with Gasteiger partial charge in [0, 0.05) is 17.7 Å². The molecule has 1 aliphatic heterocycles. The number of aliphatic hydroxyl groups excluding tert-OH is 1. The van der Waals surface area contributed by atoms with E-state index in [1.807, 2.05) is 25.9 Å². The van der Waals surface area contributed by atoms with Crippen LogP contribution in [0.2, 0.25) is 0 Å². The molecular formula is C26H31FN2O4. The van der Waals surface area contributed by atoms with E-state index < -0.39 is 23.5 Å². The van der Waals surface area contributed by atoms with Crippen LogP contribution in [0.3, 0.4) is 0 Å². The second-order valence-corrected chi connectivity index (χ2v) is 8.50. The molecule has 1 atom stereocenters. The van der Waals surface area contributed by atoms with Crippen LogP contribution < -0.4 is 4.74 Å². The van der Waals surface area contributed by atoms with Gasteiger partial charge in [-0.15, -0.1) is 0 Å². The Balaban J connectivity index is 2.09. The quantitative estimate of drug-likeness (QED) is 0.348. The van der Waals surface area contributed by atoms with Crippen LogP contribution in [0.25, 0.3) is 5.76 Å². The highest BCUT2D eigenvalue weighted by atomic mass is 19.1. The standard InChI is InChI=1S/C26H31FN2O4/c1-5-15-33-18-11-12-19(17(2)16-18)24(30)22-23(20-9-6-7-10-21(20)27)29(26(32)25(22)31)14-8-13-28(3)4/h6-7,9-12,16,23,30H,5,8,13-15H2,1-4H3. The minimum atomic E-state index is -0.996. The average Bonchev–Trinajstić information content (AvgIpc) is 3.02. The summed E-state index contributed by atoms with van der Waals surface area (Å²) in [5, 5.41) is 11.2. The molecule has 7 heteroatoms. The number of aliphatic hydroxyl groups is 1. The molecule has 6 nitrogen and oxygen atoms in total. The summed E-state index contributed by atoms with van der Waals surface area (Å²) < 4.78 is 20.5. The second-order valence-electron chi connectivity index (χ2n) is 8.50. The lowest BCUT2D eigenvalue weighted by molar-refractivity contribution is -0.140. The van der Waals surface area contributed by atoms with E-state index in [9.17, 15) is 19.1 Å². The molecule has 1 aliphatic rings. The summed E-state index contributed by atoms with van der Waals surface area (Å²) in [5.41, 5.74) is 1.18. The van der Waals surface area contributed by atoms with Crippen molar-refractivity contribution < 1.29 is 23.8 Å². The lowest BCUT2D eigenvalue weighted by Crippen LogP contribution is -2.32. The number of ether oxygens (including phenoxy) is 1. The topological polar surface area (TPSA) is 70.1 Å². The summed E-state index contributed by atoms with van der Waals surface area (Å²) in [7, 11) is 3.83. The van der Waals surface area contributed by atoms with Crippen molar-refractivity contribution in [3.05, 3.63) is 70.5 Å². The monoisotopic (exact) mass is 454 g/mol. The van der Waals surface area contributed by atoms with Crippen LogP contribution in [0, 0.1) is 12.7 Å². The third-order valence-corrected chi connectivity index (χ3v) is 5.67. The molecule has 1 unspecified atom stereocenters. The SMILES string of the molecule is CCCOc1ccc(C(O)=C2C(=O)C(=O)N(CCCN(C)C)C2c2ccccc2F)c(C)c1. The van der Waals surface area contributed by atoms with Crippen LogP contribution in [0.1, 0.15) is 42.5 Å². The number of hydrogen-bond acceptors (Lipinski definition) is 5. The van der Waals surface area contributed by atoms with Crippen LogP contribution in [-0.4, -0.2) is 60.4 Å². The number of likely N-dealkylation sites (tertiary alicyclic amines) is 1. The zero-order valence-electron chi connectivity index (χ0n) is 19.6. The number of aryl methyl sites for hydroxylation is 1. The van der Waals surface area contributed by atoms with Gasteiger partial charge in [0.1, 0.15) is 17.3 Å². The van der Waals surface area contributed by atoms with Crippen molar-refractivity contribution in [1.29, 1.82) is 0 Å². The van der Waals surface area contributed by atoms with Crippen molar-refractivity contribution in [3.63, 3.8) is 0 Å². The molecule has 1 amide bonds. The van der Waals surface area contributed by atoms with Gasteiger partial charge >= 0.3 is 0 Å². The van der Waals surface area contributed by atoms with E-state index in [2.05, 4.69) is 0 Å². The molecule has 0 saturated carbocycles. The molecule has 3 rings (SSSR count). The Morgan fingerprint density at radius 3 is 2.55 bits per heavy atom. The van der Waals surface area contributed by atoms with Crippen LogP contribution in [0.15, 0.2) is 48.0 Å². The summed E-state index contributed by atoms with van der Waals surface area (Å²) in [4.78, 5) is 29.4. The molecule has 0 spiro atoms. The van der Waals surface area contributed by atoms with Crippen molar-refractivity contribution in [2.24, 2.45) is 0 Å². The third-order valence-electron chi connectivity index (χ3n) is 5.67. The van der Waals surface area contributed by atoms with Gasteiger partial charge in [-0.1, -0.05) is 25.1 Å². The number of hydrogen-bond donors (Lipinski definition) is 1. The predicted octanol–water partition coefficient (Wildman–Crippen LogP) is 4.30. The second kappa shape index (κ2) is 10.6. The lowest BCUT2D eigenvalue weighted by atomic mass is 9.93. The fourth-order valence-corrected chi connectivity index (χ4v) is 4.04. The Labute approximate surface area is 194 Å². The molecule has 0 radical (unpaired) electrons. The number of ketones is 1. The molecule has 0 aromatic heterocycles. The maximum Gasteiger partial charge on any atom is 0.295 e. The van der Waals surface area contributed by atoms with Gasteiger partial charge in [-0.05, 0) is 70.2 Å². The molecule has 176 valence electrons. The average molecular weight is 455 g/mol.